The fourth-order valence-electron chi connectivity index (χ4n) is 2.65. The molecule has 1 aliphatic heterocycles. The van der Waals surface area contributed by atoms with Crippen LogP contribution in [0.3, 0.4) is 0 Å². The van der Waals surface area contributed by atoms with Crippen molar-refractivity contribution in [3.63, 3.8) is 0 Å². The molecule has 1 heterocycles. The molecule has 1 unspecified atom stereocenters. The zero-order valence-electron chi connectivity index (χ0n) is 10.8. The van der Waals surface area contributed by atoms with Gasteiger partial charge in [-0.2, -0.15) is 0 Å². The molecule has 0 aromatic heterocycles. The molecule has 0 aromatic carbocycles. The normalized spacial score (nSPS) is 23.0. The van der Waals surface area contributed by atoms with Crippen molar-refractivity contribution in [3.05, 3.63) is 0 Å². The van der Waals surface area contributed by atoms with E-state index in [1.807, 2.05) is 0 Å². The third-order valence-corrected chi connectivity index (χ3v) is 3.91. The van der Waals surface area contributed by atoms with Gasteiger partial charge in [0.2, 0.25) is 0 Å². The first-order valence-corrected chi connectivity index (χ1v) is 6.35. The van der Waals surface area contributed by atoms with Gasteiger partial charge in [-0.15, -0.1) is 0 Å². The van der Waals surface area contributed by atoms with Crippen LogP contribution in [0.15, 0.2) is 0 Å². The minimum absolute atomic E-state index is 0.311. The predicted molar refractivity (Wildman–Crippen MR) is 64.9 cm³/mol. The highest BCUT2D eigenvalue weighted by molar-refractivity contribution is 4.83. The highest BCUT2D eigenvalue weighted by atomic mass is 16.3. The molecule has 0 bridgehead atoms. The summed E-state index contributed by atoms with van der Waals surface area (Å²) in [4.78, 5) is 2.56. The van der Waals surface area contributed by atoms with Crippen LogP contribution in [0.4, 0.5) is 0 Å². The Morgan fingerprint density at radius 1 is 1.27 bits per heavy atom. The summed E-state index contributed by atoms with van der Waals surface area (Å²) in [6.07, 6.45) is 3.64. The SMILES string of the molecule is CCC(CO)C1CCN(C(C)(C)C)CC1. The number of nitrogens with zero attached hydrogens (tertiary/aromatic N) is 1. The van der Waals surface area contributed by atoms with Gasteiger partial charge in [0.15, 0.2) is 0 Å². The first kappa shape index (κ1) is 13.0. The van der Waals surface area contributed by atoms with Crippen molar-refractivity contribution >= 4 is 0 Å². The van der Waals surface area contributed by atoms with Gasteiger partial charge in [-0.25, -0.2) is 0 Å². The summed E-state index contributed by atoms with van der Waals surface area (Å²) < 4.78 is 0. The van der Waals surface area contributed by atoms with Gasteiger partial charge in [0, 0.05) is 12.1 Å². The molecule has 2 heteroatoms. The smallest absolute Gasteiger partial charge is 0.0461 e. The molecule has 1 atom stereocenters. The van der Waals surface area contributed by atoms with Crippen molar-refractivity contribution < 1.29 is 5.11 Å². The molecule has 0 radical (unpaired) electrons. The summed E-state index contributed by atoms with van der Waals surface area (Å²) in [5, 5.41) is 9.29. The van der Waals surface area contributed by atoms with Crippen LogP contribution in [-0.4, -0.2) is 35.2 Å². The van der Waals surface area contributed by atoms with E-state index in [1.54, 1.807) is 0 Å². The number of rotatable bonds is 3. The van der Waals surface area contributed by atoms with E-state index in [1.165, 1.54) is 25.9 Å². The van der Waals surface area contributed by atoms with Gasteiger partial charge in [0.1, 0.15) is 0 Å². The molecule has 1 rings (SSSR count). The predicted octanol–water partition coefficient (Wildman–Crippen LogP) is 2.52. The quantitative estimate of drug-likeness (QED) is 0.778. The van der Waals surface area contributed by atoms with E-state index in [9.17, 15) is 5.11 Å². The van der Waals surface area contributed by atoms with Crippen LogP contribution in [0.1, 0.15) is 47.0 Å². The molecule has 1 aliphatic rings. The van der Waals surface area contributed by atoms with E-state index in [0.29, 0.717) is 18.1 Å². The maximum Gasteiger partial charge on any atom is 0.0461 e. The zero-order chi connectivity index (χ0) is 11.5. The van der Waals surface area contributed by atoms with E-state index in [2.05, 4.69) is 32.6 Å². The van der Waals surface area contributed by atoms with Gasteiger partial charge in [-0.05, 0) is 58.5 Å². The molecule has 1 N–H and O–H groups in total. The molecule has 0 saturated carbocycles. The van der Waals surface area contributed by atoms with Crippen LogP contribution in [-0.2, 0) is 0 Å². The van der Waals surface area contributed by atoms with Gasteiger partial charge in [-0.1, -0.05) is 13.3 Å². The van der Waals surface area contributed by atoms with Crippen molar-refractivity contribution in [3.8, 4) is 0 Å². The van der Waals surface area contributed by atoms with Crippen molar-refractivity contribution in [1.82, 2.24) is 4.90 Å². The fourth-order valence-corrected chi connectivity index (χ4v) is 2.65. The lowest BCUT2D eigenvalue weighted by atomic mass is 9.82. The van der Waals surface area contributed by atoms with E-state index in [0.717, 1.165) is 12.3 Å². The fraction of sp³-hybridized carbons (Fsp3) is 1.00. The van der Waals surface area contributed by atoms with Gasteiger partial charge in [0.25, 0.3) is 0 Å². The van der Waals surface area contributed by atoms with Crippen LogP contribution in [0.2, 0.25) is 0 Å². The molecular weight excluding hydrogens is 186 g/mol. The Morgan fingerprint density at radius 2 is 1.80 bits per heavy atom. The van der Waals surface area contributed by atoms with Crippen molar-refractivity contribution in [1.29, 1.82) is 0 Å². The van der Waals surface area contributed by atoms with E-state index >= 15 is 0 Å². The van der Waals surface area contributed by atoms with E-state index in [4.69, 9.17) is 0 Å². The maximum atomic E-state index is 9.29. The molecule has 1 fully saturated rings. The number of hydrogen-bond donors (Lipinski definition) is 1. The Bertz CT molecular complexity index is 173. The molecule has 0 spiro atoms. The van der Waals surface area contributed by atoms with Crippen LogP contribution >= 0.6 is 0 Å². The average molecular weight is 213 g/mol. The molecule has 15 heavy (non-hydrogen) atoms. The first-order chi connectivity index (χ1) is 6.99. The second-order valence-corrected chi connectivity index (χ2v) is 5.85. The number of likely N-dealkylation sites (tertiary alicyclic amines) is 1. The van der Waals surface area contributed by atoms with Crippen molar-refractivity contribution in [2.45, 2.75) is 52.5 Å². The second kappa shape index (κ2) is 5.31. The Labute approximate surface area is 94.7 Å². The molecular formula is C13H27NO. The lowest BCUT2D eigenvalue weighted by Crippen LogP contribution is -2.47. The van der Waals surface area contributed by atoms with Crippen LogP contribution < -0.4 is 0 Å². The zero-order valence-corrected chi connectivity index (χ0v) is 10.8. The Hall–Kier alpha value is -0.0800. The number of aliphatic hydroxyl groups excluding tert-OH is 1. The van der Waals surface area contributed by atoms with Gasteiger partial charge in [0.05, 0.1) is 0 Å². The minimum Gasteiger partial charge on any atom is -0.396 e. The summed E-state index contributed by atoms with van der Waals surface area (Å²) in [6.45, 7) is 11.8. The topological polar surface area (TPSA) is 23.5 Å². The highest BCUT2D eigenvalue weighted by Crippen LogP contribution is 2.29. The average Bonchev–Trinajstić information content (AvgIpc) is 2.19. The Balaban J connectivity index is 2.42. The van der Waals surface area contributed by atoms with Crippen molar-refractivity contribution in [2.75, 3.05) is 19.7 Å². The lowest BCUT2D eigenvalue weighted by Gasteiger charge is -2.42. The number of aliphatic hydroxyl groups is 1. The van der Waals surface area contributed by atoms with Crippen LogP contribution in [0.5, 0.6) is 0 Å². The summed E-state index contributed by atoms with van der Waals surface area (Å²) >= 11 is 0. The third kappa shape index (κ3) is 3.46. The van der Waals surface area contributed by atoms with Gasteiger partial charge >= 0.3 is 0 Å². The summed E-state index contributed by atoms with van der Waals surface area (Å²) in [7, 11) is 0. The number of piperidine rings is 1. The molecule has 0 aromatic rings. The lowest BCUT2D eigenvalue weighted by molar-refractivity contribution is 0.0550. The van der Waals surface area contributed by atoms with Gasteiger partial charge < -0.3 is 5.11 Å². The van der Waals surface area contributed by atoms with Crippen LogP contribution in [0.25, 0.3) is 0 Å². The first-order valence-electron chi connectivity index (χ1n) is 6.35. The molecule has 0 aliphatic carbocycles. The standard InChI is InChI=1S/C13H27NO/c1-5-11(10-15)12-6-8-14(9-7-12)13(2,3)4/h11-12,15H,5-10H2,1-4H3. The van der Waals surface area contributed by atoms with Gasteiger partial charge in [-0.3, -0.25) is 4.90 Å². The highest BCUT2D eigenvalue weighted by Gasteiger charge is 2.29. The Kier molecular flexibility index (Phi) is 4.60. The Morgan fingerprint density at radius 3 is 2.13 bits per heavy atom. The number of hydrogen-bond acceptors (Lipinski definition) is 2. The third-order valence-electron chi connectivity index (χ3n) is 3.91. The summed E-state index contributed by atoms with van der Waals surface area (Å²) in [6, 6.07) is 0. The molecule has 1 saturated heterocycles. The maximum absolute atomic E-state index is 9.29. The molecule has 2 nitrogen and oxygen atoms in total. The molecule has 0 amide bonds. The van der Waals surface area contributed by atoms with Crippen LogP contribution in [0, 0.1) is 11.8 Å². The monoisotopic (exact) mass is 213 g/mol. The van der Waals surface area contributed by atoms with Crippen molar-refractivity contribution in [2.24, 2.45) is 11.8 Å². The summed E-state index contributed by atoms with van der Waals surface area (Å²) in [5.41, 5.74) is 0.311. The largest absolute Gasteiger partial charge is 0.396 e. The second-order valence-electron chi connectivity index (χ2n) is 5.85. The van der Waals surface area contributed by atoms with E-state index in [-0.39, 0.29) is 0 Å². The minimum atomic E-state index is 0.311. The van der Waals surface area contributed by atoms with E-state index < -0.39 is 0 Å². The summed E-state index contributed by atoms with van der Waals surface area (Å²) in [5.74, 6) is 1.28. The molecule has 90 valence electrons.